The summed E-state index contributed by atoms with van der Waals surface area (Å²) >= 11 is 0. The molecule has 0 aromatic heterocycles. The highest BCUT2D eigenvalue weighted by Gasteiger charge is 2.45. The summed E-state index contributed by atoms with van der Waals surface area (Å²) in [6.07, 6.45) is -6.27. The number of carbonyl (C=O) groups is 1. The molecular weight excluding hydrogens is 304 g/mol. The van der Waals surface area contributed by atoms with Crippen LogP contribution in [0.3, 0.4) is 0 Å². The fraction of sp³-hybridized carbons (Fsp3) is 0.562. The van der Waals surface area contributed by atoms with Gasteiger partial charge in [-0.05, 0) is 12.0 Å². The van der Waals surface area contributed by atoms with Crippen LogP contribution in [0, 0.1) is 0 Å². The van der Waals surface area contributed by atoms with Gasteiger partial charge in [0.05, 0.1) is 12.7 Å². The molecule has 1 aliphatic heterocycles. The molecule has 0 amide bonds. The lowest BCUT2D eigenvalue weighted by Gasteiger charge is -2.41. The quantitative estimate of drug-likeness (QED) is 0.593. The number of Topliss-reactive ketones (excluding diaryl/α,β-unsaturated/α-hetero) is 1. The Morgan fingerprint density at radius 2 is 1.87 bits per heavy atom. The van der Waals surface area contributed by atoms with E-state index in [0.717, 1.165) is 0 Å². The van der Waals surface area contributed by atoms with Crippen LogP contribution in [0.25, 0.3) is 0 Å². The van der Waals surface area contributed by atoms with Gasteiger partial charge in [-0.15, -0.1) is 0 Å². The van der Waals surface area contributed by atoms with Crippen LogP contribution in [-0.2, 0) is 9.47 Å². The van der Waals surface area contributed by atoms with Crippen molar-refractivity contribution < 1.29 is 34.7 Å². The van der Waals surface area contributed by atoms with Crippen molar-refractivity contribution in [1.29, 1.82) is 0 Å². The van der Waals surface area contributed by atoms with Crippen molar-refractivity contribution in [3.63, 3.8) is 0 Å². The van der Waals surface area contributed by atoms with Crippen LogP contribution in [0.5, 0.6) is 0 Å². The lowest BCUT2D eigenvalue weighted by molar-refractivity contribution is -0.313. The van der Waals surface area contributed by atoms with Crippen molar-refractivity contribution in [3.05, 3.63) is 35.4 Å². The Balaban J connectivity index is 1.79. The number of ether oxygens (including phenoxy) is 2. The summed E-state index contributed by atoms with van der Waals surface area (Å²) in [5.74, 6) is 0.0363. The molecular formula is C16H20O7. The Hall–Kier alpha value is -1.35. The molecule has 2 aliphatic rings. The van der Waals surface area contributed by atoms with E-state index < -0.39 is 43.4 Å². The van der Waals surface area contributed by atoms with Crippen molar-refractivity contribution in [2.24, 2.45) is 0 Å². The molecule has 0 unspecified atom stereocenters. The van der Waals surface area contributed by atoms with Crippen LogP contribution in [0.4, 0.5) is 0 Å². The van der Waals surface area contributed by atoms with Gasteiger partial charge in [0, 0.05) is 12.0 Å². The third-order valence-corrected chi connectivity index (χ3v) is 4.39. The Kier molecular flexibility index (Phi) is 4.77. The molecule has 0 radical (unpaired) electrons. The summed E-state index contributed by atoms with van der Waals surface area (Å²) in [5.41, 5.74) is 1.29. The average molecular weight is 324 g/mol. The third kappa shape index (κ3) is 3.03. The molecule has 6 atom stereocenters. The molecule has 3 rings (SSSR count). The van der Waals surface area contributed by atoms with Crippen LogP contribution in [0.1, 0.15) is 34.9 Å². The maximum atomic E-state index is 11.9. The van der Waals surface area contributed by atoms with Crippen molar-refractivity contribution in [2.75, 3.05) is 6.61 Å². The van der Waals surface area contributed by atoms with Crippen molar-refractivity contribution in [2.45, 2.75) is 49.7 Å². The van der Waals surface area contributed by atoms with E-state index in [1.54, 1.807) is 24.3 Å². The van der Waals surface area contributed by atoms with Gasteiger partial charge >= 0.3 is 0 Å². The average Bonchev–Trinajstić information content (AvgIpc) is 2.58. The Morgan fingerprint density at radius 3 is 2.61 bits per heavy atom. The van der Waals surface area contributed by atoms with Gasteiger partial charge in [-0.25, -0.2) is 0 Å². The Bertz CT molecular complexity index is 573. The van der Waals surface area contributed by atoms with E-state index >= 15 is 0 Å². The lowest BCUT2D eigenvalue weighted by atomic mass is 9.88. The van der Waals surface area contributed by atoms with Crippen molar-refractivity contribution in [1.82, 2.24) is 0 Å². The predicted octanol–water partition coefficient (Wildman–Crippen LogP) is -0.479. The first kappa shape index (κ1) is 16.5. The van der Waals surface area contributed by atoms with Crippen LogP contribution < -0.4 is 0 Å². The molecule has 4 N–H and O–H groups in total. The monoisotopic (exact) mass is 324 g/mol. The zero-order valence-electron chi connectivity index (χ0n) is 12.4. The van der Waals surface area contributed by atoms with Crippen LogP contribution >= 0.6 is 0 Å². The first-order valence-electron chi connectivity index (χ1n) is 7.61. The molecule has 0 saturated carbocycles. The number of rotatable bonds is 3. The number of carbonyl (C=O) groups excluding carboxylic acids is 1. The fourth-order valence-corrected chi connectivity index (χ4v) is 3.07. The van der Waals surface area contributed by atoms with Crippen LogP contribution in [0.15, 0.2) is 24.3 Å². The minimum absolute atomic E-state index is 0.0363. The highest BCUT2D eigenvalue weighted by molar-refractivity contribution is 5.98. The number of ketones is 1. The summed E-state index contributed by atoms with van der Waals surface area (Å²) in [4.78, 5) is 11.9. The van der Waals surface area contributed by atoms with Crippen LogP contribution in [0.2, 0.25) is 0 Å². The van der Waals surface area contributed by atoms with E-state index in [1.807, 2.05) is 0 Å². The SMILES string of the molecule is O=C1CC[C@H](O[C@@H]2O[C@H](CO)[C@@H](O)[C@H](O)[C@H]2O)c2ccccc21. The van der Waals surface area contributed by atoms with E-state index in [2.05, 4.69) is 0 Å². The minimum atomic E-state index is -1.48. The summed E-state index contributed by atoms with van der Waals surface area (Å²) in [6.45, 7) is -0.509. The van der Waals surface area contributed by atoms with E-state index in [4.69, 9.17) is 9.47 Å². The van der Waals surface area contributed by atoms with Crippen molar-refractivity contribution >= 4 is 5.78 Å². The first-order valence-corrected chi connectivity index (χ1v) is 7.61. The normalized spacial score (nSPS) is 37.5. The number of fused-ring (bicyclic) bond motifs is 1. The van der Waals surface area contributed by atoms with Crippen LogP contribution in [-0.4, -0.2) is 63.5 Å². The van der Waals surface area contributed by atoms with E-state index in [9.17, 15) is 25.2 Å². The van der Waals surface area contributed by atoms with Gasteiger partial charge in [0.15, 0.2) is 12.1 Å². The van der Waals surface area contributed by atoms with Gasteiger partial charge in [-0.3, -0.25) is 4.79 Å². The zero-order chi connectivity index (χ0) is 16.6. The molecule has 0 bridgehead atoms. The second-order valence-electron chi connectivity index (χ2n) is 5.87. The molecule has 0 spiro atoms. The number of aliphatic hydroxyl groups is 4. The molecule has 1 aromatic rings. The Labute approximate surface area is 133 Å². The second kappa shape index (κ2) is 6.64. The molecule has 7 heteroatoms. The number of aliphatic hydroxyl groups excluding tert-OH is 4. The Morgan fingerprint density at radius 1 is 1.13 bits per heavy atom. The highest BCUT2D eigenvalue weighted by Crippen LogP contribution is 2.35. The smallest absolute Gasteiger partial charge is 0.187 e. The summed E-state index contributed by atoms with van der Waals surface area (Å²) in [5, 5.41) is 38.8. The summed E-state index contributed by atoms with van der Waals surface area (Å²) in [7, 11) is 0. The van der Waals surface area contributed by atoms with Gasteiger partial charge in [0.2, 0.25) is 0 Å². The number of hydrogen-bond acceptors (Lipinski definition) is 7. The standard InChI is InChI=1S/C16H20O7/c17-7-12-13(19)14(20)15(21)16(23-12)22-11-6-5-10(18)8-3-1-2-4-9(8)11/h1-4,11-17,19-21H,5-7H2/t11-,12+,13+,14-,15+,16+/m0/s1. The maximum absolute atomic E-state index is 11.9. The largest absolute Gasteiger partial charge is 0.394 e. The minimum Gasteiger partial charge on any atom is -0.394 e. The second-order valence-corrected chi connectivity index (χ2v) is 5.87. The third-order valence-electron chi connectivity index (χ3n) is 4.39. The van der Waals surface area contributed by atoms with Gasteiger partial charge in [0.1, 0.15) is 24.4 Å². The molecule has 23 heavy (non-hydrogen) atoms. The molecule has 7 nitrogen and oxygen atoms in total. The topological polar surface area (TPSA) is 116 Å². The highest BCUT2D eigenvalue weighted by atomic mass is 16.7. The predicted molar refractivity (Wildman–Crippen MR) is 77.6 cm³/mol. The van der Waals surface area contributed by atoms with E-state index in [1.165, 1.54) is 0 Å². The number of hydrogen-bond donors (Lipinski definition) is 4. The van der Waals surface area contributed by atoms with Gasteiger partial charge in [-0.2, -0.15) is 0 Å². The summed E-state index contributed by atoms with van der Waals surface area (Å²) in [6, 6.07) is 7.07. The molecule has 126 valence electrons. The zero-order valence-corrected chi connectivity index (χ0v) is 12.4. The maximum Gasteiger partial charge on any atom is 0.187 e. The fourth-order valence-electron chi connectivity index (χ4n) is 3.07. The van der Waals surface area contributed by atoms with Crippen molar-refractivity contribution in [3.8, 4) is 0 Å². The number of benzene rings is 1. The van der Waals surface area contributed by atoms with E-state index in [0.29, 0.717) is 24.0 Å². The van der Waals surface area contributed by atoms with Gasteiger partial charge in [-0.1, -0.05) is 24.3 Å². The van der Waals surface area contributed by atoms with Gasteiger partial charge in [0.25, 0.3) is 0 Å². The molecule has 1 fully saturated rings. The molecule has 1 saturated heterocycles. The van der Waals surface area contributed by atoms with E-state index in [-0.39, 0.29) is 5.78 Å². The first-order chi connectivity index (χ1) is 11.0. The summed E-state index contributed by atoms with van der Waals surface area (Å²) < 4.78 is 11.1. The van der Waals surface area contributed by atoms with Gasteiger partial charge < -0.3 is 29.9 Å². The molecule has 1 heterocycles. The molecule has 1 aromatic carbocycles. The lowest BCUT2D eigenvalue weighted by Crippen LogP contribution is -2.59. The molecule has 1 aliphatic carbocycles.